The average molecular weight is 408 g/mol. The molecule has 1 atom stereocenters. The molecule has 0 aliphatic heterocycles. The van der Waals surface area contributed by atoms with Gasteiger partial charge in [0.1, 0.15) is 5.01 Å². The molecule has 29 heavy (non-hydrogen) atoms. The first-order valence-corrected chi connectivity index (χ1v) is 10.5. The number of Topliss-reactive ketones (excluding diaryl/α,β-unsaturated/α-hetero) is 1. The van der Waals surface area contributed by atoms with Crippen LogP contribution in [0.5, 0.6) is 0 Å². The van der Waals surface area contributed by atoms with Crippen LogP contribution in [0.1, 0.15) is 66.5 Å². The first-order valence-electron chi connectivity index (χ1n) is 9.64. The highest BCUT2D eigenvalue weighted by atomic mass is 32.1. The summed E-state index contributed by atoms with van der Waals surface area (Å²) in [6, 6.07) is 17.2. The Morgan fingerprint density at radius 1 is 1.00 bits per heavy atom. The molecule has 1 unspecified atom stereocenters. The molecule has 5 nitrogen and oxygen atoms in total. The number of nitrogens with one attached hydrogen (secondary N) is 1. The number of nitrogens with zero attached hydrogens (tertiary/aromatic N) is 2. The van der Waals surface area contributed by atoms with Crippen molar-refractivity contribution in [3.8, 4) is 0 Å². The second-order valence-corrected chi connectivity index (χ2v) is 8.94. The van der Waals surface area contributed by atoms with E-state index < -0.39 is 11.7 Å². The molecule has 3 rings (SSSR count). The van der Waals surface area contributed by atoms with Gasteiger partial charge in [-0.2, -0.15) is 0 Å². The van der Waals surface area contributed by atoms with E-state index in [0.29, 0.717) is 10.7 Å². The van der Waals surface area contributed by atoms with Crippen LogP contribution in [0.25, 0.3) is 0 Å². The standard InChI is InChI=1S/C23H25N3O2S/c1-5-18(15-9-7-6-8-10-15)21-25-26-22(29-21)24-20(28)19(27)16-11-13-17(14-12-16)23(2,3)4/h6-14,18H,5H2,1-4H3,(H,24,26,28). The zero-order chi connectivity index (χ0) is 21.0. The second-order valence-electron chi connectivity index (χ2n) is 7.93. The van der Waals surface area contributed by atoms with E-state index in [1.54, 1.807) is 12.1 Å². The van der Waals surface area contributed by atoms with Gasteiger partial charge in [-0.15, -0.1) is 10.2 Å². The topological polar surface area (TPSA) is 72.0 Å². The molecule has 1 amide bonds. The van der Waals surface area contributed by atoms with Crippen LogP contribution < -0.4 is 5.32 Å². The smallest absolute Gasteiger partial charge is 0.294 e. The van der Waals surface area contributed by atoms with E-state index >= 15 is 0 Å². The minimum absolute atomic E-state index is 0.0125. The van der Waals surface area contributed by atoms with Gasteiger partial charge in [0.25, 0.3) is 11.7 Å². The molecule has 0 aliphatic carbocycles. The van der Waals surface area contributed by atoms with E-state index in [2.05, 4.69) is 55.3 Å². The van der Waals surface area contributed by atoms with Crippen molar-refractivity contribution < 1.29 is 9.59 Å². The Bertz CT molecular complexity index is 989. The molecule has 2 aromatic carbocycles. The van der Waals surface area contributed by atoms with E-state index in [1.807, 2.05) is 30.3 Å². The lowest BCUT2D eigenvalue weighted by molar-refractivity contribution is -0.112. The lowest BCUT2D eigenvalue weighted by Crippen LogP contribution is -2.23. The number of hydrogen-bond donors (Lipinski definition) is 1. The molecule has 0 radical (unpaired) electrons. The summed E-state index contributed by atoms with van der Waals surface area (Å²) in [6.45, 7) is 8.38. The van der Waals surface area contributed by atoms with Crippen molar-refractivity contribution >= 4 is 28.2 Å². The molecule has 0 spiro atoms. The third-order valence-corrected chi connectivity index (χ3v) is 5.74. The number of carbonyl (C=O) groups is 2. The van der Waals surface area contributed by atoms with E-state index in [-0.39, 0.29) is 11.3 Å². The number of hydrogen-bond acceptors (Lipinski definition) is 5. The number of amides is 1. The summed E-state index contributed by atoms with van der Waals surface area (Å²) in [5.74, 6) is -1.18. The van der Waals surface area contributed by atoms with E-state index in [9.17, 15) is 9.59 Å². The predicted octanol–water partition coefficient (Wildman–Crippen LogP) is 5.20. The van der Waals surface area contributed by atoms with Gasteiger partial charge in [-0.05, 0) is 23.0 Å². The number of aromatic nitrogens is 2. The molecule has 150 valence electrons. The fourth-order valence-corrected chi connectivity index (χ4v) is 4.02. The maximum Gasteiger partial charge on any atom is 0.298 e. The van der Waals surface area contributed by atoms with E-state index in [4.69, 9.17) is 0 Å². The lowest BCUT2D eigenvalue weighted by atomic mass is 9.86. The fraction of sp³-hybridized carbons (Fsp3) is 0.304. The number of rotatable bonds is 6. The molecule has 0 aliphatic rings. The highest BCUT2D eigenvalue weighted by Crippen LogP contribution is 2.31. The van der Waals surface area contributed by atoms with Gasteiger partial charge < -0.3 is 0 Å². The molecular weight excluding hydrogens is 382 g/mol. The molecule has 1 N–H and O–H groups in total. The van der Waals surface area contributed by atoms with Gasteiger partial charge in [-0.25, -0.2) is 0 Å². The summed E-state index contributed by atoms with van der Waals surface area (Å²) in [5, 5.41) is 12.0. The molecule has 1 heterocycles. The third-order valence-electron chi connectivity index (χ3n) is 4.79. The maximum atomic E-state index is 12.5. The highest BCUT2D eigenvalue weighted by Gasteiger charge is 2.22. The van der Waals surface area contributed by atoms with Gasteiger partial charge in [-0.1, -0.05) is 93.6 Å². The maximum absolute atomic E-state index is 12.5. The number of anilines is 1. The van der Waals surface area contributed by atoms with Gasteiger partial charge >= 0.3 is 0 Å². The van der Waals surface area contributed by atoms with Crippen LogP contribution in [-0.4, -0.2) is 21.9 Å². The Morgan fingerprint density at radius 3 is 2.24 bits per heavy atom. The van der Waals surface area contributed by atoms with E-state index in [1.165, 1.54) is 11.3 Å². The lowest BCUT2D eigenvalue weighted by Gasteiger charge is -2.18. The molecule has 3 aromatic rings. The normalized spacial score (nSPS) is 12.4. The molecule has 0 fully saturated rings. The zero-order valence-corrected chi connectivity index (χ0v) is 17.9. The minimum Gasteiger partial charge on any atom is -0.294 e. The van der Waals surface area contributed by atoms with E-state index in [0.717, 1.165) is 22.6 Å². The SMILES string of the molecule is CCC(c1ccccc1)c1nnc(NC(=O)C(=O)c2ccc(C(C)(C)C)cc2)s1. The number of carbonyl (C=O) groups excluding carboxylic acids is 2. The monoisotopic (exact) mass is 407 g/mol. The Hall–Kier alpha value is -2.86. The molecule has 6 heteroatoms. The summed E-state index contributed by atoms with van der Waals surface area (Å²) >= 11 is 1.30. The number of benzene rings is 2. The third kappa shape index (κ3) is 4.95. The summed E-state index contributed by atoms with van der Waals surface area (Å²) in [4.78, 5) is 24.9. The van der Waals surface area contributed by atoms with Crippen LogP contribution >= 0.6 is 11.3 Å². The van der Waals surface area contributed by atoms with Crippen molar-refractivity contribution in [1.82, 2.24) is 10.2 Å². The zero-order valence-electron chi connectivity index (χ0n) is 17.1. The van der Waals surface area contributed by atoms with Crippen molar-refractivity contribution in [1.29, 1.82) is 0 Å². The first-order chi connectivity index (χ1) is 13.8. The summed E-state index contributed by atoms with van der Waals surface area (Å²) in [7, 11) is 0. The summed E-state index contributed by atoms with van der Waals surface area (Å²) in [5.41, 5.74) is 2.60. The van der Waals surface area contributed by atoms with Gasteiger partial charge in [0.05, 0.1) is 0 Å². The van der Waals surface area contributed by atoms with Crippen LogP contribution in [0.3, 0.4) is 0 Å². The Kier molecular flexibility index (Phi) is 6.23. The summed E-state index contributed by atoms with van der Waals surface area (Å²) < 4.78 is 0. The quantitative estimate of drug-likeness (QED) is 0.450. The minimum atomic E-state index is -0.705. The van der Waals surface area contributed by atoms with Gasteiger partial charge in [0, 0.05) is 11.5 Å². The Morgan fingerprint density at radius 2 is 1.66 bits per heavy atom. The highest BCUT2D eigenvalue weighted by molar-refractivity contribution is 7.15. The van der Waals surface area contributed by atoms with Crippen LogP contribution in [0.2, 0.25) is 0 Å². The van der Waals surface area contributed by atoms with Crippen LogP contribution in [0.15, 0.2) is 54.6 Å². The molecule has 1 aromatic heterocycles. The van der Waals surface area contributed by atoms with Crippen LogP contribution in [0.4, 0.5) is 5.13 Å². The first kappa shape index (κ1) is 20.9. The molecule has 0 saturated carbocycles. The second kappa shape index (κ2) is 8.66. The van der Waals surface area contributed by atoms with Gasteiger partial charge in [0.2, 0.25) is 5.13 Å². The van der Waals surface area contributed by atoms with Gasteiger partial charge in [0.15, 0.2) is 0 Å². The fourth-order valence-electron chi connectivity index (χ4n) is 3.07. The van der Waals surface area contributed by atoms with Crippen molar-refractivity contribution in [2.24, 2.45) is 0 Å². The predicted molar refractivity (Wildman–Crippen MR) is 117 cm³/mol. The Labute approximate surface area is 175 Å². The molecular formula is C23H25N3O2S. The number of ketones is 1. The van der Waals surface area contributed by atoms with Gasteiger partial charge in [-0.3, -0.25) is 14.9 Å². The Balaban J connectivity index is 1.70. The van der Waals surface area contributed by atoms with Crippen molar-refractivity contribution in [3.63, 3.8) is 0 Å². The summed E-state index contributed by atoms with van der Waals surface area (Å²) in [6.07, 6.45) is 0.867. The van der Waals surface area contributed by atoms with Crippen molar-refractivity contribution in [2.75, 3.05) is 5.32 Å². The molecule has 0 saturated heterocycles. The van der Waals surface area contributed by atoms with Crippen LogP contribution in [-0.2, 0) is 10.2 Å². The molecule has 0 bridgehead atoms. The average Bonchev–Trinajstić information content (AvgIpc) is 3.16. The largest absolute Gasteiger partial charge is 0.298 e. The van der Waals surface area contributed by atoms with Crippen molar-refractivity contribution in [3.05, 3.63) is 76.3 Å². The van der Waals surface area contributed by atoms with Crippen molar-refractivity contribution in [2.45, 2.75) is 45.4 Å². The van der Waals surface area contributed by atoms with Crippen LogP contribution in [0, 0.1) is 0 Å².